The summed E-state index contributed by atoms with van der Waals surface area (Å²) in [5.41, 5.74) is 2.09. The van der Waals surface area contributed by atoms with E-state index in [1.54, 1.807) is 49.4 Å². The maximum atomic E-state index is 12.3. The predicted octanol–water partition coefficient (Wildman–Crippen LogP) is 3.78. The van der Waals surface area contributed by atoms with Crippen molar-refractivity contribution in [1.29, 1.82) is 0 Å². The normalized spacial score (nSPS) is 12.5. The highest BCUT2D eigenvalue weighted by molar-refractivity contribution is 7.92. The molecular formula is C17H18Cl2N2O3S. The maximum Gasteiger partial charge on any atom is 0.229 e. The van der Waals surface area contributed by atoms with Gasteiger partial charge in [-0.2, -0.15) is 0 Å². The number of nitrogens with one attached hydrogen (secondary N) is 2. The molecule has 0 aliphatic carbocycles. The van der Waals surface area contributed by atoms with Gasteiger partial charge in [-0.15, -0.1) is 0 Å². The van der Waals surface area contributed by atoms with Gasteiger partial charge < -0.3 is 5.32 Å². The number of benzene rings is 2. The van der Waals surface area contributed by atoms with E-state index < -0.39 is 10.0 Å². The molecule has 0 bridgehead atoms. The fourth-order valence-electron chi connectivity index (χ4n) is 2.20. The number of carbonyl (C=O) groups excluding carboxylic acids is 1. The summed E-state index contributed by atoms with van der Waals surface area (Å²) in [4.78, 5) is 12.3. The number of rotatable bonds is 6. The van der Waals surface area contributed by atoms with E-state index in [1.165, 1.54) is 0 Å². The minimum absolute atomic E-state index is 0.144. The fourth-order valence-corrected chi connectivity index (χ4v) is 3.08. The lowest BCUT2D eigenvalue weighted by molar-refractivity contribution is -0.122. The molecule has 0 saturated heterocycles. The van der Waals surface area contributed by atoms with Gasteiger partial charge in [0.1, 0.15) is 0 Å². The van der Waals surface area contributed by atoms with Crippen molar-refractivity contribution in [3.05, 3.63) is 63.6 Å². The quantitative estimate of drug-likeness (QED) is 0.774. The predicted molar refractivity (Wildman–Crippen MR) is 102 cm³/mol. The van der Waals surface area contributed by atoms with Gasteiger partial charge in [0.2, 0.25) is 15.9 Å². The molecule has 1 atom stereocenters. The summed E-state index contributed by atoms with van der Waals surface area (Å²) < 4.78 is 24.8. The lowest BCUT2D eigenvalue weighted by Gasteiger charge is -2.14. The molecule has 2 aromatic carbocycles. The Morgan fingerprint density at radius 1 is 1.08 bits per heavy atom. The van der Waals surface area contributed by atoms with E-state index in [9.17, 15) is 13.2 Å². The van der Waals surface area contributed by atoms with Crippen LogP contribution in [0.3, 0.4) is 0 Å². The van der Waals surface area contributed by atoms with E-state index in [4.69, 9.17) is 23.2 Å². The van der Waals surface area contributed by atoms with Gasteiger partial charge in [-0.05, 0) is 42.3 Å². The molecule has 2 aromatic rings. The molecule has 0 aliphatic heterocycles. The molecule has 0 fully saturated rings. The highest BCUT2D eigenvalue weighted by atomic mass is 35.5. The zero-order chi connectivity index (χ0) is 18.6. The number of hydrogen-bond acceptors (Lipinski definition) is 3. The highest BCUT2D eigenvalue weighted by Gasteiger charge is 2.15. The van der Waals surface area contributed by atoms with Crippen molar-refractivity contribution >= 4 is 44.8 Å². The van der Waals surface area contributed by atoms with Crippen molar-refractivity contribution in [2.24, 2.45) is 0 Å². The van der Waals surface area contributed by atoms with Crippen molar-refractivity contribution in [3.63, 3.8) is 0 Å². The van der Waals surface area contributed by atoms with Gasteiger partial charge in [-0.25, -0.2) is 8.42 Å². The minimum Gasteiger partial charge on any atom is -0.352 e. The molecule has 134 valence electrons. The van der Waals surface area contributed by atoms with Crippen LogP contribution in [0.4, 0.5) is 5.69 Å². The smallest absolute Gasteiger partial charge is 0.229 e. The van der Waals surface area contributed by atoms with Gasteiger partial charge in [-0.3, -0.25) is 9.52 Å². The summed E-state index contributed by atoms with van der Waals surface area (Å²) in [6.45, 7) is 2.12. The van der Waals surface area contributed by atoms with Crippen LogP contribution in [0, 0.1) is 0 Å². The third-order valence-electron chi connectivity index (χ3n) is 3.56. The summed E-state index contributed by atoms with van der Waals surface area (Å²) in [7, 11) is -3.32. The number of hydrogen-bond donors (Lipinski definition) is 2. The van der Waals surface area contributed by atoms with Crippen LogP contribution in [-0.4, -0.2) is 20.6 Å². The van der Waals surface area contributed by atoms with E-state index in [0.717, 1.165) is 17.4 Å². The summed E-state index contributed by atoms with van der Waals surface area (Å²) in [6, 6.07) is 11.9. The molecule has 8 heteroatoms. The van der Waals surface area contributed by atoms with Crippen molar-refractivity contribution in [1.82, 2.24) is 5.32 Å². The van der Waals surface area contributed by atoms with E-state index in [2.05, 4.69) is 10.0 Å². The van der Waals surface area contributed by atoms with Crippen LogP contribution in [0.5, 0.6) is 0 Å². The average molecular weight is 401 g/mol. The Bertz CT molecular complexity index is 868. The zero-order valence-electron chi connectivity index (χ0n) is 13.7. The molecule has 0 radical (unpaired) electrons. The number of amides is 1. The molecule has 5 nitrogen and oxygen atoms in total. The molecule has 0 spiro atoms. The Labute approximate surface area is 157 Å². The monoisotopic (exact) mass is 400 g/mol. The molecule has 0 saturated carbocycles. The van der Waals surface area contributed by atoms with Crippen LogP contribution >= 0.6 is 23.2 Å². The van der Waals surface area contributed by atoms with E-state index in [-0.39, 0.29) is 11.8 Å². The van der Waals surface area contributed by atoms with Crippen LogP contribution in [0.2, 0.25) is 10.0 Å². The first-order chi connectivity index (χ1) is 11.7. The molecule has 2 N–H and O–H groups in total. The van der Waals surface area contributed by atoms with Crippen molar-refractivity contribution in [3.8, 4) is 0 Å². The summed E-state index contributed by atoms with van der Waals surface area (Å²) in [6.07, 6.45) is 1.08. The van der Waals surface area contributed by atoms with Gasteiger partial charge in [-0.1, -0.05) is 41.4 Å². The van der Waals surface area contributed by atoms with Gasteiger partial charge in [0, 0.05) is 12.2 Å². The Hall–Kier alpha value is -1.76. The highest BCUT2D eigenvalue weighted by Crippen LogP contribution is 2.23. The van der Waals surface area contributed by atoms with Gasteiger partial charge in [0.05, 0.1) is 22.2 Å². The first kappa shape index (κ1) is 19.6. The largest absolute Gasteiger partial charge is 0.352 e. The Kier molecular flexibility index (Phi) is 6.32. The average Bonchev–Trinajstić information content (AvgIpc) is 2.54. The SMILES string of the molecule is CC(C(=O)NCc1ccc(Cl)c(Cl)c1)c1ccc(NS(C)(=O)=O)cc1. The molecular weight excluding hydrogens is 383 g/mol. The number of anilines is 1. The second-order valence-electron chi connectivity index (χ2n) is 5.68. The lowest BCUT2D eigenvalue weighted by atomic mass is 10.00. The molecule has 25 heavy (non-hydrogen) atoms. The van der Waals surface area contributed by atoms with Crippen molar-refractivity contribution in [2.75, 3.05) is 11.0 Å². The lowest BCUT2D eigenvalue weighted by Crippen LogP contribution is -2.27. The van der Waals surface area contributed by atoms with Gasteiger partial charge >= 0.3 is 0 Å². The van der Waals surface area contributed by atoms with Gasteiger partial charge in [0.15, 0.2) is 0 Å². The number of halogens is 2. The first-order valence-electron chi connectivity index (χ1n) is 7.45. The summed E-state index contributed by atoms with van der Waals surface area (Å²) in [5, 5.41) is 3.75. The number of sulfonamides is 1. The standard InChI is InChI=1S/C17H18Cl2N2O3S/c1-11(13-4-6-14(7-5-13)21-25(2,23)24)17(22)20-10-12-3-8-15(18)16(19)9-12/h3-9,11,21H,10H2,1-2H3,(H,20,22). The first-order valence-corrected chi connectivity index (χ1v) is 10.1. The second-order valence-corrected chi connectivity index (χ2v) is 8.25. The molecule has 1 amide bonds. The molecule has 2 rings (SSSR count). The third kappa shape index (κ3) is 5.92. The van der Waals surface area contributed by atoms with Crippen molar-refractivity contribution < 1.29 is 13.2 Å². The van der Waals surface area contributed by atoms with E-state index in [0.29, 0.717) is 22.3 Å². The summed E-state index contributed by atoms with van der Waals surface area (Å²) in [5.74, 6) is -0.523. The molecule has 1 unspecified atom stereocenters. The minimum atomic E-state index is -3.32. The zero-order valence-corrected chi connectivity index (χ0v) is 16.0. The summed E-state index contributed by atoms with van der Waals surface area (Å²) >= 11 is 11.8. The Morgan fingerprint density at radius 2 is 1.72 bits per heavy atom. The van der Waals surface area contributed by atoms with Crippen molar-refractivity contribution in [2.45, 2.75) is 19.4 Å². The number of carbonyl (C=O) groups is 1. The van der Waals surface area contributed by atoms with E-state index in [1.807, 2.05) is 0 Å². The van der Waals surface area contributed by atoms with Crippen LogP contribution in [0.15, 0.2) is 42.5 Å². The second kappa shape index (κ2) is 8.08. The molecule has 0 aliphatic rings. The van der Waals surface area contributed by atoms with Crippen LogP contribution in [0.25, 0.3) is 0 Å². The topological polar surface area (TPSA) is 75.3 Å². The van der Waals surface area contributed by atoms with Gasteiger partial charge in [0.25, 0.3) is 0 Å². The Balaban J connectivity index is 1.98. The Morgan fingerprint density at radius 3 is 2.28 bits per heavy atom. The maximum absolute atomic E-state index is 12.3. The van der Waals surface area contributed by atoms with Crippen LogP contribution in [0.1, 0.15) is 24.0 Å². The third-order valence-corrected chi connectivity index (χ3v) is 4.90. The van der Waals surface area contributed by atoms with Crippen LogP contribution < -0.4 is 10.0 Å². The molecule has 0 aromatic heterocycles. The molecule has 0 heterocycles. The van der Waals surface area contributed by atoms with Crippen LogP contribution in [-0.2, 0) is 21.4 Å². The fraction of sp³-hybridized carbons (Fsp3) is 0.235. The van der Waals surface area contributed by atoms with E-state index >= 15 is 0 Å².